The molecule has 0 aliphatic carbocycles. The summed E-state index contributed by atoms with van der Waals surface area (Å²) in [6, 6.07) is 8.06. The lowest BCUT2D eigenvalue weighted by Crippen LogP contribution is -2.49. The Morgan fingerprint density at radius 1 is 1.20 bits per heavy atom. The van der Waals surface area contributed by atoms with E-state index in [1.165, 1.54) is 0 Å². The number of hydrogen-bond donors (Lipinski definition) is 2. The van der Waals surface area contributed by atoms with Crippen molar-refractivity contribution in [3.8, 4) is 0 Å². The number of esters is 1. The van der Waals surface area contributed by atoms with E-state index in [2.05, 4.69) is 5.32 Å². The summed E-state index contributed by atoms with van der Waals surface area (Å²) in [5, 5.41) is 2.69. The molecular formula is C22H33N3O5. The molecule has 0 saturated carbocycles. The first-order valence-corrected chi connectivity index (χ1v) is 10.4. The van der Waals surface area contributed by atoms with Gasteiger partial charge in [-0.05, 0) is 58.7 Å². The van der Waals surface area contributed by atoms with Gasteiger partial charge in [-0.15, -0.1) is 0 Å². The van der Waals surface area contributed by atoms with Crippen molar-refractivity contribution in [1.82, 2.24) is 10.2 Å². The predicted molar refractivity (Wildman–Crippen MR) is 113 cm³/mol. The SMILES string of the molecule is CC(C)(C)OC(=O)N[C@@H](CCCCN)C(=O)N1CC[C@H](OC(=O)c2ccccc2)C1. The second-order valence-electron chi connectivity index (χ2n) is 8.45. The number of carbonyl (C=O) groups excluding carboxylic acids is 3. The van der Waals surface area contributed by atoms with Crippen LogP contribution in [-0.2, 0) is 14.3 Å². The van der Waals surface area contributed by atoms with Gasteiger partial charge >= 0.3 is 12.1 Å². The van der Waals surface area contributed by atoms with Crippen LogP contribution in [0.4, 0.5) is 4.79 Å². The van der Waals surface area contributed by atoms with Crippen LogP contribution in [0, 0.1) is 0 Å². The highest BCUT2D eigenvalue weighted by Gasteiger charge is 2.34. The third-order valence-electron chi connectivity index (χ3n) is 4.68. The first-order chi connectivity index (χ1) is 14.2. The molecule has 0 spiro atoms. The number of hydrogen-bond acceptors (Lipinski definition) is 6. The fourth-order valence-corrected chi connectivity index (χ4v) is 3.24. The normalized spacial score (nSPS) is 17.3. The van der Waals surface area contributed by atoms with Crippen molar-refractivity contribution in [1.29, 1.82) is 0 Å². The number of nitrogens with zero attached hydrogens (tertiary/aromatic N) is 1. The van der Waals surface area contributed by atoms with Crippen molar-refractivity contribution >= 4 is 18.0 Å². The van der Waals surface area contributed by atoms with Gasteiger partial charge in [-0.3, -0.25) is 4.79 Å². The van der Waals surface area contributed by atoms with E-state index in [1.54, 1.807) is 49.9 Å². The summed E-state index contributed by atoms with van der Waals surface area (Å²) in [5.41, 5.74) is 5.38. The Kier molecular flexibility index (Phi) is 8.65. The Hall–Kier alpha value is -2.61. The Bertz CT molecular complexity index is 717. The number of nitrogens with two attached hydrogens (primary N) is 1. The van der Waals surface area contributed by atoms with Gasteiger partial charge in [0.25, 0.3) is 0 Å². The molecule has 1 aliphatic heterocycles. The van der Waals surface area contributed by atoms with E-state index < -0.39 is 23.7 Å². The van der Waals surface area contributed by atoms with Crippen LogP contribution < -0.4 is 11.1 Å². The van der Waals surface area contributed by atoms with Crippen LogP contribution in [0.25, 0.3) is 0 Å². The summed E-state index contributed by atoms with van der Waals surface area (Å²) >= 11 is 0. The van der Waals surface area contributed by atoms with E-state index in [4.69, 9.17) is 15.2 Å². The van der Waals surface area contributed by atoms with Gasteiger partial charge in [0, 0.05) is 13.0 Å². The predicted octanol–water partition coefficient (Wildman–Crippen LogP) is 2.47. The van der Waals surface area contributed by atoms with E-state index in [9.17, 15) is 14.4 Å². The highest BCUT2D eigenvalue weighted by Crippen LogP contribution is 2.18. The third kappa shape index (κ3) is 7.67. The van der Waals surface area contributed by atoms with Crippen molar-refractivity contribution in [3.63, 3.8) is 0 Å². The Labute approximate surface area is 178 Å². The number of amides is 2. The molecule has 0 unspecified atom stereocenters. The largest absolute Gasteiger partial charge is 0.457 e. The van der Waals surface area contributed by atoms with Gasteiger partial charge in [-0.25, -0.2) is 9.59 Å². The smallest absolute Gasteiger partial charge is 0.408 e. The van der Waals surface area contributed by atoms with Gasteiger partial charge < -0.3 is 25.4 Å². The number of rotatable bonds is 8. The average Bonchev–Trinajstić information content (AvgIpc) is 3.14. The molecule has 0 radical (unpaired) electrons. The van der Waals surface area contributed by atoms with Crippen LogP contribution >= 0.6 is 0 Å². The maximum atomic E-state index is 13.0. The maximum Gasteiger partial charge on any atom is 0.408 e. The van der Waals surface area contributed by atoms with Gasteiger partial charge in [-0.2, -0.15) is 0 Å². The minimum absolute atomic E-state index is 0.198. The molecule has 1 aliphatic rings. The van der Waals surface area contributed by atoms with Crippen molar-refractivity contribution in [3.05, 3.63) is 35.9 Å². The molecule has 3 N–H and O–H groups in total. The lowest BCUT2D eigenvalue weighted by Gasteiger charge is -2.26. The molecule has 1 saturated heterocycles. The van der Waals surface area contributed by atoms with Crippen LogP contribution in [0.2, 0.25) is 0 Å². The molecule has 0 aromatic heterocycles. The number of likely N-dealkylation sites (tertiary alicyclic amines) is 1. The molecule has 1 aromatic rings. The van der Waals surface area contributed by atoms with Crippen molar-refractivity contribution in [2.75, 3.05) is 19.6 Å². The monoisotopic (exact) mass is 419 g/mol. The third-order valence-corrected chi connectivity index (χ3v) is 4.68. The van der Waals surface area contributed by atoms with E-state index >= 15 is 0 Å². The average molecular weight is 420 g/mol. The molecule has 8 nitrogen and oxygen atoms in total. The molecule has 2 amide bonds. The molecule has 8 heteroatoms. The lowest BCUT2D eigenvalue weighted by atomic mass is 10.1. The molecule has 2 atom stereocenters. The zero-order valence-electron chi connectivity index (χ0n) is 18.1. The number of unbranched alkanes of at least 4 members (excludes halogenated alkanes) is 1. The minimum Gasteiger partial charge on any atom is -0.457 e. The number of ether oxygens (including phenoxy) is 2. The second-order valence-corrected chi connectivity index (χ2v) is 8.45. The standard InChI is InChI=1S/C22H33N3O5/c1-22(2,3)30-21(28)24-18(11-7-8-13-23)19(26)25-14-12-17(15-25)29-20(27)16-9-5-4-6-10-16/h4-6,9-10,17-18H,7-8,11-15,23H2,1-3H3,(H,24,28)/t17-,18-/m0/s1. The number of carbonyl (C=O) groups is 3. The minimum atomic E-state index is -0.699. The van der Waals surface area contributed by atoms with Crippen molar-refractivity contribution in [2.24, 2.45) is 5.73 Å². The van der Waals surface area contributed by atoms with Crippen LogP contribution in [0.1, 0.15) is 56.8 Å². The fourth-order valence-electron chi connectivity index (χ4n) is 3.24. The topological polar surface area (TPSA) is 111 Å². The fraction of sp³-hybridized carbons (Fsp3) is 0.591. The Balaban J connectivity index is 1.94. The molecule has 1 fully saturated rings. The lowest BCUT2D eigenvalue weighted by molar-refractivity contribution is -0.133. The quantitative estimate of drug-likeness (QED) is 0.495. The number of nitrogens with one attached hydrogen (secondary N) is 1. The van der Waals surface area contributed by atoms with E-state index in [-0.39, 0.29) is 12.0 Å². The van der Waals surface area contributed by atoms with E-state index in [0.29, 0.717) is 44.5 Å². The summed E-state index contributed by atoms with van der Waals surface area (Å²) in [6.07, 6.45) is 1.51. The first kappa shape index (κ1) is 23.7. The summed E-state index contributed by atoms with van der Waals surface area (Å²) in [6.45, 7) is 6.60. The molecular weight excluding hydrogens is 386 g/mol. The van der Waals surface area contributed by atoms with Crippen LogP contribution in [0.15, 0.2) is 30.3 Å². The first-order valence-electron chi connectivity index (χ1n) is 10.4. The molecule has 166 valence electrons. The Morgan fingerprint density at radius 2 is 1.90 bits per heavy atom. The number of alkyl carbamates (subject to hydrolysis) is 1. The van der Waals surface area contributed by atoms with Gasteiger partial charge in [0.05, 0.1) is 12.1 Å². The maximum absolute atomic E-state index is 13.0. The van der Waals surface area contributed by atoms with Crippen LogP contribution in [-0.4, -0.2) is 60.3 Å². The van der Waals surface area contributed by atoms with Crippen molar-refractivity contribution < 1.29 is 23.9 Å². The molecule has 1 heterocycles. The van der Waals surface area contributed by atoms with E-state index in [1.807, 2.05) is 6.07 Å². The van der Waals surface area contributed by atoms with Crippen LogP contribution in [0.5, 0.6) is 0 Å². The summed E-state index contributed by atoms with van der Waals surface area (Å²) in [5.74, 6) is -0.600. The molecule has 1 aromatic carbocycles. The van der Waals surface area contributed by atoms with Gasteiger partial charge in [0.2, 0.25) is 5.91 Å². The zero-order chi connectivity index (χ0) is 22.1. The zero-order valence-corrected chi connectivity index (χ0v) is 18.1. The van der Waals surface area contributed by atoms with Crippen molar-refractivity contribution in [2.45, 2.75) is 64.2 Å². The summed E-state index contributed by atoms with van der Waals surface area (Å²) in [7, 11) is 0. The molecule has 0 bridgehead atoms. The second kappa shape index (κ2) is 11.0. The summed E-state index contributed by atoms with van der Waals surface area (Å²) in [4.78, 5) is 39.1. The highest BCUT2D eigenvalue weighted by atomic mass is 16.6. The van der Waals surface area contributed by atoms with Crippen LogP contribution in [0.3, 0.4) is 0 Å². The Morgan fingerprint density at radius 3 is 2.53 bits per heavy atom. The molecule has 2 rings (SSSR count). The number of benzene rings is 1. The highest BCUT2D eigenvalue weighted by molar-refractivity contribution is 5.89. The molecule has 30 heavy (non-hydrogen) atoms. The van der Waals surface area contributed by atoms with Gasteiger partial charge in [0.1, 0.15) is 17.7 Å². The summed E-state index contributed by atoms with van der Waals surface area (Å²) < 4.78 is 10.8. The van der Waals surface area contributed by atoms with Gasteiger partial charge in [-0.1, -0.05) is 18.2 Å². The van der Waals surface area contributed by atoms with Gasteiger partial charge in [0.15, 0.2) is 0 Å². The van der Waals surface area contributed by atoms with E-state index in [0.717, 1.165) is 6.42 Å².